The number of nitrogens with zero attached hydrogens (tertiary/aromatic N) is 4. The number of hydrogen-bond acceptors (Lipinski definition) is 5. The number of rotatable bonds is 4. The first-order valence-corrected chi connectivity index (χ1v) is 6.82. The zero-order valence-electron chi connectivity index (χ0n) is 10.8. The largest absolute Gasteiger partial charge is 0.481 e. The SMILES string of the molecule is O=C(O)C1(Cn2nnnc2C2CCCCO2)CCC1. The van der Waals surface area contributed by atoms with Crippen molar-refractivity contribution in [2.24, 2.45) is 5.41 Å². The van der Waals surface area contributed by atoms with Crippen LogP contribution in [0.4, 0.5) is 0 Å². The molecule has 1 N–H and O–H groups in total. The molecule has 0 aromatic carbocycles. The van der Waals surface area contributed by atoms with Crippen molar-refractivity contribution in [3.05, 3.63) is 5.82 Å². The van der Waals surface area contributed by atoms with Crippen LogP contribution in [0.2, 0.25) is 0 Å². The summed E-state index contributed by atoms with van der Waals surface area (Å²) in [5.41, 5.74) is -0.682. The van der Waals surface area contributed by atoms with Gasteiger partial charge in [0.15, 0.2) is 5.82 Å². The minimum absolute atomic E-state index is 0.0883. The fourth-order valence-corrected chi connectivity index (χ4v) is 2.83. The van der Waals surface area contributed by atoms with Crippen molar-refractivity contribution in [3.63, 3.8) is 0 Å². The Labute approximate surface area is 110 Å². The van der Waals surface area contributed by atoms with Crippen molar-refractivity contribution in [2.45, 2.75) is 51.2 Å². The van der Waals surface area contributed by atoms with Gasteiger partial charge in [0.1, 0.15) is 6.10 Å². The number of tetrazole rings is 1. The smallest absolute Gasteiger partial charge is 0.311 e. The highest BCUT2D eigenvalue weighted by Gasteiger charge is 2.45. The Kier molecular flexibility index (Phi) is 3.22. The van der Waals surface area contributed by atoms with Crippen LogP contribution in [0.3, 0.4) is 0 Å². The minimum Gasteiger partial charge on any atom is -0.481 e. The fourth-order valence-electron chi connectivity index (χ4n) is 2.83. The van der Waals surface area contributed by atoms with Gasteiger partial charge >= 0.3 is 5.97 Å². The first-order chi connectivity index (χ1) is 9.21. The van der Waals surface area contributed by atoms with E-state index >= 15 is 0 Å². The molecule has 1 aromatic heterocycles. The molecule has 2 aliphatic rings. The Balaban J connectivity index is 1.78. The van der Waals surface area contributed by atoms with Gasteiger partial charge in [-0.25, -0.2) is 4.68 Å². The molecule has 1 unspecified atom stereocenters. The lowest BCUT2D eigenvalue weighted by Crippen LogP contribution is -2.42. The summed E-state index contributed by atoms with van der Waals surface area (Å²) >= 11 is 0. The highest BCUT2D eigenvalue weighted by Crippen LogP contribution is 2.43. The van der Waals surface area contributed by atoms with E-state index in [0.29, 0.717) is 25.2 Å². The van der Waals surface area contributed by atoms with Gasteiger partial charge in [0, 0.05) is 6.61 Å². The van der Waals surface area contributed by atoms with Crippen LogP contribution < -0.4 is 0 Å². The normalized spacial score (nSPS) is 25.8. The second-order valence-corrected chi connectivity index (χ2v) is 5.49. The van der Waals surface area contributed by atoms with Gasteiger partial charge in [-0.15, -0.1) is 5.10 Å². The maximum absolute atomic E-state index is 11.4. The minimum atomic E-state index is -0.746. The molecule has 1 aromatic rings. The molecule has 0 bridgehead atoms. The molecule has 0 spiro atoms. The van der Waals surface area contributed by atoms with Gasteiger partial charge in [0.05, 0.1) is 12.0 Å². The van der Waals surface area contributed by atoms with Crippen LogP contribution in [0.25, 0.3) is 0 Å². The number of hydrogen-bond donors (Lipinski definition) is 1. The third-order valence-electron chi connectivity index (χ3n) is 4.24. The second kappa shape index (κ2) is 4.88. The molecule has 1 aliphatic heterocycles. The predicted octanol–water partition coefficient (Wildman–Crippen LogP) is 1.17. The molecular weight excluding hydrogens is 248 g/mol. The van der Waals surface area contributed by atoms with Crippen molar-refractivity contribution in [2.75, 3.05) is 6.61 Å². The van der Waals surface area contributed by atoms with E-state index in [1.807, 2.05) is 0 Å². The Bertz CT molecular complexity index is 463. The number of carboxylic acids is 1. The standard InChI is InChI=1S/C12H18N4O3/c17-11(18)12(5-3-6-12)8-16-10(13-14-15-16)9-4-1-2-7-19-9/h9H,1-8H2,(H,17,18). The van der Waals surface area contributed by atoms with Crippen LogP contribution in [0, 0.1) is 5.41 Å². The lowest BCUT2D eigenvalue weighted by Gasteiger charge is -2.37. The van der Waals surface area contributed by atoms with Crippen LogP contribution in [0.15, 0.2) is 0 Å². The van der Waals surface area contributed by atoms with Crippen LogP contribution in [-0.2, 0) is 16.1 Å². The summed E-state index contributed by atoms with van der Waals surface area (Å²) < 4.78 is 7.31. The quantitative estimate of drug-likeness (QED) is 0.879. The molecule has 1 saturated carbocycles. The van der Waals surface area contributed by atoms with Crippen LogP contribution in [0.1, 0.15) is 50.5 Å². The zero-order valence-corrected chi connectivity index (χ0v) is 10.8. The summed E-state index contributed by atoms with van der Waals surface area (Å²) in [6.45, 7) is 1.08. The summed E-state index contributed by atoms with van der Waals surface area (Å²) in [6, 6.07) is 0. The molecule has 3 rings (SSSR count). The van der Waals surface area contributed by atoms with Crippen LogP contribution in [-0.4, -0.2) is 37.9 Å². The first kappa shape index (κ1) is 12.5. The molecule has 1 aliphatic carbocycles. The lowest BCUT2D eigenvalue weighted by atomic mass is 9.69. The molecule has 7 nitrogen and oxygen atoms in total. The van der Waals surface area contributed by atoms with Crippen molar-refractivity contribution in [1.82, 2.24) is 20.2 Å². The molecule has 104 valence electrons. The molecule has 2 fully saturated rings. The van der Waals surface area contributed by atoms with E-state index in [2.05, 4.69) is 15.5 Å². The maximum atomic E-state index is 11.4. The molecule has 0 radical (unpaired) electrons. The number of ether oxygens (including phenoxy) is 1. The van der Waals surface area contributed by atoms with Gasteiger partial charge < -0.3 is 9.84 Å². The van der Waals surface area contributed by atoms with Crippen LogP contribution in [0.5, 0.6) is 0 Å². The van der Waals surface area contributed by atoms with Gasteiger partial charge in [0.25, 0.3) is 0 Å². The van der Waals surface area contributed by atoms with E-state index in [1.165, 1.54) is 0 Å². The van der Waals surface area contributed by atoms with E-state index in [0.717, 1.165) is 32.3 Å². The molecule has 19 heavy (non-hydrogen) atoms. The van der Waals surface area contributed by atoms with Gasteiger partial charge in [-0.3, -0.25) is 4.79 Å². The maximum Gasteiger partial charge on any atom is 0.311 e. The topological polar surface area (TPSA) is 90.1 Å². The van der Waals surface area contributed by atoms with Crippen molar-refractivity contribution >= 4 is 5.97 Å². The zero-order chi connectivity index (χ0) is 13.3. The molecule has 1 saturated heterocycles. The number of aliphatic carboxylic acids is 1. The highest BCUT2D eigenvalue weighted by atomic mass is 16.5. The monoisotopic (exact) mass is 266 g/mol. The number of carbonyl (C=O) groups is 1. The van der Waals surface area contributed by atoms with Crippen molar-refractivity contribution in [1.29, 1.82) is 0 Å². The average Bonchev–Trinajstić information content (AvgIpc) is 2.82. The third-order valence-corrected chi connectivity index (χ3v) is 4.24. The Morgan fingerprint density at radius 2 is 2.26 bits per heavy atom. The molecule has 1 atom stereocenters. The lowest BCUT2D eigenvalue weighted by molar-refractivity contribution is -0.156. The molecule has 0 amide bonds. The van der Waals surface area contributed by atoms with Gasteiger partial charge in [0.2, 0.25) is 0 Å². The van der Waals surface area contributed by atoms with Crippen molar-refractivity contribution in [3.8, 4) is 0 Å². The van der Waals surface area contributed by atoms with E-state index in [1.54, 1.807) is 4.68 Å². The summed E-state index contributed by atoms with van der Waals surface area (Å²) in [4.78, 5) is 11.4. The van der Waals surface area contributed by atoms with Gasteiger partial charge in [-0.1, -0.05) is 6.42 Å². The second-order valence-electron chi connectivity index (χ2n) is 5.49. The molecule has 2 heterocycles. The Hall–Kier alpha value is -1.50. The Morgan fingerprint density at radius 3 is 2.84 bits per heavy atom. The summed E-state index contributed by atoms with van der Waals surface area (Å²) in [5, 5.41) is 21.0. The van der Waals surface area contributed by atoms with Crippen molar-refractivity contribution < 1.29 is 14.6 Å². The summed E-state index contributed by atoms with van der Waals surface area (Å²) in [6.07, 6.45) is 5.35. The Morgan fingerprint density at radius 1 is 1.42 bits per heavy atom. The average molecular weight is 266 g/mol. The molecular formula is C12H18N4O3. The van der Waals surface area contributed by atoms with E-state index in [-0.39, 0.29) is 6.10 Å². The number of carboxylic acid groups (broad SMARTS) is 1. The summed E-state index contributed by atoms with van der Waals surface area (Å²) in [7, 11) is 0. The first-order valence-electron chi connectivity index (χ1n) is 6.82. The fraction of sp³-hybridized carbons (Fsp3) is 0.833. The molecule has 7 heteroatoms. The van der Waals surface area contributed by atoms with Gasteiger partial charge in [-0.2, -0.15) is 0 Å². The van der Waals surface area contributed by atoms with Crippen LogP contribution >= 0.6 is 0 Å². The van der Waals surface area contributed by atoms with Gasteiger partial charge in [-0.05, 0) is 42.5 Å². The number of aromatic nitrogens is 4. The highest BCUT2D eigenvalue weighted by molar-refractivity contribution is 5.75. The third kappa shape index (κ3) is 2.22. The van der Waals surface area contributed by atoms with E-state index in [9.17, 15) is 9.90 Å². The predicted molar refractivity (Wildman–Crippen MR) is 64.3 cm³/mol. The summed E-state index contributed by atoms with van der Waals surface area (Å²) in [5.74, 6) is -0.0722. The van der Waals surface area contributed by atoms with E-state index in [4.69, 9.17) is 4.74 Å². The van der Waals surface area contributed by atoms with E-state index < -0.39 is 11.4 Å².